The summed E-state index contributed by atoms with van der Waals surface area (Å²) in [6, 6.07) is 14.2. The zero-order chi connectivity index (χ0) is 18.0. The number of Topliss-reactive ketones (excluding diaryl/α,β-unsaturated/α-hetero) is 1. The number of rotatable bonds is 5. The van der Waals surface area contributed by atoms with Crippen LogP contribution < -0.4 is 0 Å². The first kappa shape index (κ1) is 17.8. The highest BCUT2D eigenvalue weighted by Crippen LogP contribution is 2.23. The van der Waals surface area contributed by atoms with Crippen molar-refractivity contribution < 1.29 is 17.9 Å². The first-order valence-corrected chi connectivity index (χ1v) is 9.57. The number of benzene rings is 2. The molecule has 1 atom stereocenters. The molecule has 0 saturated heterocycles. The molecular weight excluding hydrogens is 338 g/mol. The number of hydrogen-bond acceptors (Lipinski definition) is 4. The van der Waals surface area contributed by atoms with Crippen molar-refractivity contribution in [1.29, 1.82) is 0 Å². The van der Waals surface area contributed by atoms with Gasteiger partial charge >= 0.3 is 0 Å². The molecule has 132 valence electrons. The summed E-state index contributed by atoms with van der Waals surface area (Å²) in [4.78, 5) is 11.6. The summed E-state index contributed by atoms with van der Waals surface area (Å²) >= 11 is 0. The summed E-state index contributed by atoms with van der Waals surface area (Å²) in [7, 11) is -2.13. The number of nitrogens with zero attached hydrogens (tertiary/aromatic N) is 1. The molecule has 0 fully saturated rings. The van der Waals surface area contributed by atoms with Gasteiger partial charge in [0.2, 0.25) is 10.0 Å². The van der Waals surface area contributed by atoms with E-state index >= 15 is 0 Å². The first-order valence-electron chi connectivity index (χ1n) is 8.13. The fourth-order valence-corrected chi connectivity index (χ4v) is 4.22. The molecule has 1 aliphatic rings. The average molecular weight is 359 g/mol. The maximum absolute atomic E-state index is 12.8. The Labute approximate surface area is 148 Å². The lowest BCUT2D eigenvalue weighted by Crippen LogP contribution is -2.38. The Morgan fingerprint density at radius 2 is 1.88 bits per heavy atom. The van der Waals surface area contributed by atoms with Crippen LogP contribution in [0.15, 0.2) is 53.4 Å². The molecule has 5 nitrogen and oxygen atoms in total. The first-order chi connectivity index (χ1) is 11.9. The fourth-order valence-electron chi connectivity index (χ4n) is 2.97. The highest BCUT2D eigenvalue weighted by atomic mass is 32.2. The van der Waals surface area contributed by atoms with Gasteiger partial charge in [0, 0.05) is 25.6 Å². The third-order valence-corrected chi connectivity index (χ3v) is 6.27. The molecule has 0 amide bonds. The van der Waals surface area contributed by atoms with E-state index in [1.807, 2.05) is 18.2 Å². The summed E-state index contributed by atoms with van der Waals surface area (Å²) < 4.78 is 32.7. The minimum Gasteiger partial charge on any atom is -0.372 e. The quantitative estimate of drug-likeness (QED) is 0.770. The van der Waals surface area contributed by atoms with E-state index in [0.717, 1.165) is 5.56 Å². The minimum absolute atomic E-state index is 0.124. The Bertz CT molecular complexity index is 892. The van der Waals surface area contributed by atoms with Crippen molar-refractivity contribution in [3.63, 3.8) is 0 Å². The average Bonchev–Trinajstić information content (AvgIpc) is 2.61. The van der Waals surface area contributed by atoms with Gasteiger partial charge < -0.3 is 4.74 Å². The van der Waals surface area contributed by atoms with Gasteiger partial charge in [-0.3, -0.25) is 4.79 Å². The van der Waals surface area contributed by atoms with E-state index in [4.69, 9.17) is 4.74 Å². The molecule has 3 rings (SSSR count). The van der Waals surface area contributed by atoms with Crippen LogP contribution in [0.3, 0.4) is 0 Å². The van der Waals surface area contributed by atoms with E-state index < -0.39 is 10.0 Å². The predicted octanol–water partition coefficient (Wildman–Crippen LogP) is 2.65. The van der Waals surface area contributed by atoms with E-state index in [1.165, 1.54) is 28.9 Å². The minimum atomic E-state index is -3.67. The van der Waals surface area contributed by atoms with Crippen LogP contribution in [0.25, 0.3) is 0 Å². The number of likely N-dealkylation sites (N-methyl/N-ethyl adjacent to an activating group) is 1. The zero-order valence-electron chi connectivity index (χ0n) is 14.3. The van der Waals surface area contributed by atoms with Crippen LogP contribution in [0.5, 0.6) is 0 Å². The number of sulfonamides is 1. The summed E-state index contributed by atoms with van der Waals surface area (Å²) in [5, 5.41) is 0. The maximum Gasteiger partial charge on any atom is 0.242 e. The molecule has 0 aromatic heterocycles. The lowest BCUT2D eigenvalue weighted by atomic mass is 9.99. The van der Waals surface area contributed by atoms with E-state index in [0.29, 0.717) is 18.6 Å². The monoisotopic (exact) mass is 359 g/mol. The second kappa shape index (κ2) is 7.07. The van der Waals surface area contributed by atoms with Crippen molar-refractivity contribution in [1.82, 2.24) is 4.31 Å². The van der Waals surface area contributed by atoms with E-state index in [-0.39, 0.29) is 23.3 Å². The van der Waals surface area contributed by atoms with E-state index in [1.54, 1.807) is 19.2 Å². The Kier molecular flexibility index (Phi) is 5.03. The highest BCUT2D eigenvalue weighted by molar-refractivity contribution is 7.89. The predicted molar refractivity (Wildman–Crippen MR) is 95.0 cm³/mol. The second-order valence-corrected chi connectivity index (χ2v) is 8.32. The van der Waals surface area contributed by atoms with Crippen LogP contribution in [0.1, 0.15) is 28.4 Å². The molecule has 25 heavy (non-hydrogen) atoms. The lowest BCUT2D eigenvalue weighted by molar-refractivity contribution is 0.0202. The smallest absolute Gasteiger partial charge is 0.242 e. The largest absolute Gasteiger partial charge is 0.372 e. The molecule has 0 saturated carbocycles. The Morgan fingerprint density at radius 1 is 1.16 bits per heavy atom. The van der Waals surface area contributed by atoms with E-state index in [2.05, 4.69) is 6.07 Å². The van der Waals surface area contributed by atoms with Crippen LogP contribution in [0.2, 0.25) is 0 Å². The molecule has 6 heteroatoms. The van der Waals surface area contributed by atoms with Crippen LogP contribution in [0.4, 0.5) is 0 Å². The van der Waals surface area contributed by atoms with Crippen LogP contribution in [-0.4, -0.2) is 38.2 Å². The van der Waals surface area contributed by atoms with Gasteiger partial charge in [0.15, 0.2) is 5.78 Å². The van der Waals surface area contributed by atoms with Gasteiger partial charge in [-0.05, 0) is 30.2 Å². The van der Waals surface area contributed by atoms with Crippen molar-refractivity contribution in [3.05, 3.63) is 65.2 Å². The second-order valence-electron chi connectivity index (χ2n) is 6.28. The molecule has 0 bridgehead atoms. The third kappa shape index (κ3) is 3.81. The molecular formula is C19H21NO4S. The Morgan fingerprint density at radius 3 is 2.60 bits per heavy atom. The molecule has 1 aliphatic heterocycles. The fraction of sp³-hybridized carbons (Fsp3) is 0.316. The summed E-state index contributed by atoms with van der Waals surface area (Å²) in [6.45, 7) is 2.18. The standard InChI is InChI=1S/C19H21NO4S/c1-14(21)15-8-5-9-19(11-15)25(22,23)20(2)12-18-10-16-6-3-4-7-17(16)13-24-18/h3-9,11,18H,10,12-13H2,1-2H3. The highest BCUT2D eigenvalue weighted by Gasteiger charge is 2.27. The van der Waals surface area contributed by atoms with Gasteiger partial charge in [-0.25, -0.2) is 8.42 Å². The lowest BCUT2D eigenvalue weighted by Gasteiger charge is -2.28. The molecule has 2 aromatic carbocycles. The van der Waals surface area contributed by atoms with Crippen molar-refractivity contribution in [2.45, 2.75) is 31.0 Å². The molecule has 1 unspecified atom stereocenters. The third-order valence-electron chi connectivity index (χ3n) is 4.45. The number of fused-ring (bicyclic) bond motifs is 1. The van der Waals surface area contributed by atoms with Gasteiger partial charge in [0.25, 0.3) is 0 Å². The van der Waals surface area contributed by atoms with Crippen LogP contribution >= 0.6 is 0 Å². The normalized spacial score (nSPS) is 17.3. The van der Waals surface area contributed by atoms with Crippen LogP contribution in [0, 0.1) is 0 Å². The van der Waals surface area contributed by atoms with Crippen molar-refractivity contribution >= 4 is 15.8 Å². The number of hydrogen-bond donors (Lipinski definition) is 0. The van der Waals surface area contributed by atoms with Gasteiger partial charge in [-0.1, -0.05) is 36.4 Å². The van der Waals surface area contributed by atoms with E-state index in [9.17, 15) is 13.2 Å². The van der Waals surface area contributed by atoms with Crippen molar-refractivity contribution in [2.24, 2.45) is 0 Å². The maximum atomic E-state index is 12.8. The van der Waals surface area contributed by atoms with Gasteiger partial charge in [-0.15, -0.1) is 0 Å². The Balaban J connectivity index is 1.75. The number of carbonyl (C=O) groups is 1. The number of ketones is 1. The topological polar surface area (TPSA) is 63.7 Å². The number of ether oxygens (including phenoxy) is 1. The number of carbonyl (C=O) groups excluding carboxylic acids is 1. The molecule has 0 aliphatic carbocycles. The molecule has 0 spiro atoms. The molecule has 0 radical (unpaired) electrons. The van der Waals surface area contributed by atoms with Crippen LogP contribution in [-0.2, 0) is 27.8 Å². The zero-order valence-corrected chi connectivity index (χ0v) is 15.1. The summed E-state index contributed by atoms with van der Waals surface area (Å²) in [5.41, 5.74) is 2.74. The summed E-state index contributed by atoms with van der Waals surface area (Å²) in [6.07, 6.45) is 0.495. The van der Waals surface area contributed by atoms with Crippen molar-refractivity contribution in [3.8, 4) is 0 Å². The van der Waals surface area contributed by atoms with Gasteiger partial charge in [0.05, 0.1) is 17.6 Å². The van der Waals surface area contributed by atoms with Gasteiger partial charge in [0.1, 0.15) is 0 Å². The van der Waals surface area contributed by atoms with Gasteiger partial charge in [-0.2, -0.15) is 4.31 Å². The molecule has 0 N–H and O–H groups in total. The molecule has 1 heterocycles. The van der Waals surface area contributed by atoms with Crippen molar-refractivity contribution in [2.75, 3.05) is 13.6 Å². The SMILES string of the molecule is CC(=O)c1cccc(S(=O)(=O)N(C)CC2Cc3ccccc3CO2)c1. The Hall–Kier alpha value is -2.02. The molecule has 2 aromatic rings. The summed E-state index contributed by atoms with van der Waals surface area (Å²) in [5.74, 6) is -0.160.